The molecule has 1 radical (unpaired) electrons. The molecule has 2 unspecified atom stereocenters. The van der Waals surface area contributed by atoms with Crippen LogP contribution in [-0.2, 0) is 96.4 Å². The fourth-order valence-corrected chi connectivity index (χ4v) is 7.71. The fraction of sp³-hybridized carbons (Fsp3) is 0.840. The predicted molar refractivity (Wildman–Crippen MR) is 288 cm³/mol. The third-order valence-corrected chi connectivity index (χ3v) is 12.4. The molecule has 0 aromatic rings. The minimum absolute atomic E-state index is 0. The summed E-state index contributed by atoms with van der Waals surface area (Å²) >= 11 is 0. The van der Waals surface area contributed by atoms with Crippen molar-refractivity contribution < 1.29 is 136 Å². The van der Waals surface area contributed by atoms with E-state index in [4.69, 9.17) is 48.3 Å². The van der Waals surface area contributed by atoms with Crippen molar-refractivity contribution in [2.75, 3.05) is 221 Å². The van der Waals surface area contributed by atoms with Gasteiger partial charge in [-0.25, -0.2) is 39.1 Å². The number of ether oxygens (including phenoxy) is 4. The average molecular weight is 1310 g/mol. The molecule has 0 bridgehead atoms. The molecule has 3 amide bonds. The molecule has 2 atom stereocenters. The van der Waals surface area contributed by atoms with E-state index in [1.165, 1.54) is 63.8 Å². The number of amides is 3. The minimum atomic E-state index is -0.726. The minimum Gasteiger partial charge on any atom is -0.468 e. The summed E-state index contributed by atoms with van der Waals surface area (Å²) in [5, 5.41) is 11.8. The summed E-state index contributed by atoms with van der Waals surface area (Å²) in [6.07, 6.45) is 3.06. The molecule has 31 heteroatoms. The molecule has 4 N–H and O–H groups in total. The van der Waals surface area contributed by atoms with E-state index in [2.05, 4.69) is 31.0 Å². The van der Waals surface area contributed by atoms with Crippen LogP contribution in [0.5, 0.6) is 0 Å². The molecular formula is C50H96GdN10O20+3. The first-order chi connectivity index (χ1) is 38.5. The molecule has 0 rings (SSSR count). The van der Waals surface area contributed by atoms with Crippen molar-refractivity contribution in [1.29, 1.82) is 0 Å². The molecule has 471 valence electrons. The van der Waals surface area contributed by atoms with Crippen LogP contribution in [0.4, 0.5) is 0 Å². The van der Waals surface area contributed by atoms with Gasteiger partial charge in [-0.3, -0.25) is 67.8 Å². The number of unbranched alkanes of at least 4 members (excludes halogenated alkanes) is 2. The molecule has 0 spiro atoms. The first kappa shape index (κ1) is 79.8. The second-order valence-electron chi connectivity index (χ2n) is 18.1. The average Bonchev–Trinajstić information content (AvgIpc) is 3.44. The number of nitrogens with zero attached hydrogens (tertiary/aromatic N) is 6. The van der Waals surface area contributed by atoms with Gasteiger partial charge >= 0.3 is 63.8 Å². The topological polar surface area (TPSA) is 315 Å². The summed E-state index contributed by atoms with van der Waals surface area (Å²) in [5.41, 5.74) is 0. The normalized spacial score (nSPS) is 12.1. The van der Waals surface area contributed by atoms with Crippen LogP contribution in [0.15, 0.2) is 0 Å². The molecule has 0 heterocycles. The van der Waals surface area contributed by atoms with Gasteiger partial charge in [0.15, 0.2) is 5.78 Å². The van der Waals surface area contributed by atoms with Crippen LogP contribution in [0.3, 0.4) is 0 Å². The third kappa shape index (κ3) is 43.9. The number of ketones is 1. The number of carbonyl (C=O) groups is 8. The number of hydrogen-bond acceptors (Lipinski definition) is 27. The molecule has 0 aromatic heterocycles. The summed E-state index contributed by atoms with van der Waals surface area (Å²) in [6.45, 7) is 7.34. The molecule has 0 aliphatic rings. The van der Waals surface area contributed by atoms with Crippen molar-refractivity contribution in [1.82, 2.24) is 50.7 Å². The number of rotatable bonds is 54. The van der Waals surface area contributed by atoms with Crippen LogP contribution in [0.1, 0.15) is 45.4 Å². The number of carbonyl (C=O) groups excluding carboxylic acids is 8. The van der Waals surface area contributed by atoms with E-state index in [0.717, 1.165) is 0 Å². The Kier molecular flexibility index (Phi) is 52.6. The molecule has 0 fully saturated rings. The van der Waals surface area contributed by atoms with Crippen molar-refractivity contribution in [2.45, 2.75) is 57.5 Å². The number of nitrogens with one attached hydrogen (secondary N) is 4. The van der Waals surface area contributed by atoms with Crippen molar-refractivity contribution in [3.8, 4) is 0 Å². The van der Waals surface area contributed by atoms with E-state index in [-0.39, 0.29) is 129 Å². The standard InChI is InChI=1S/C50H96N10O20.Gd/c1-41(61)42(15-11-13-17-52-44(62)35-57(27-31-77-73-7)23-19-55(37-46(64)69-3)21-25-59(29-33-79-75-9)39-48(66)71-5)54-50(68)43(51-2)16-12-14-18-53-45(63)36-58(28-32-78-74-8)24-20-56(38-47(65)70-4)22-26-60(30-34-80-76-10)40-49(67)72-6;/h42-43,51H,11-40H2,1-10H3,(H,52,62)(H,53,63)(H,54,68);/q;+3. The van der Waals surface area contributed by atoms with E-state index >= 15 is 0 Å². The molecule has 0 aliphatic carbocycles. The number of likely N-dealkylation sites (N-methyl/N-ethyl adjacent to an activating group) is 1. The smallest absolute Gasteiger partial charge is 0.468 e. The number of Topliss-reactive ketones (excluding diaryl/α,β-unsaturated/α-hetero) is 1. The van der Waals surface area contributed by atoms with Crippen molar-refractivity contribution in [3.05, 3.63) is 0 Å². The van der Waals surface area contributed by atoms with Gasteiger partial charge < -0.3 is 40.2 Å². The van der Waals surface area contributed by atoms with Crippen molar-refractivity contribution >= 4 is 47.4 Å². The van der Waals surface area contributed by atoms with E-state index in [0.29, 0.717) is 130 Å². The quantitative estimate of drug-likeness (QED) is 0.0155. The zero-order valence-corrected chi connectivity index (χ0v) is 51.8. The van der Waals surface area contributed by atoms with Gasteiger partial charge in [-0.05, 0) is 52.5 Å². The Morgan fingerprint density at radius 2 is 0.654 bits per heavy atom. The number of hydrogen-bond donors (Lipinski definition) is 4. The largest absolute Gasteiger partial charge is 3.00 e. The Morgan fingerprint density at radius 3 is 0.914 bits per heavy atom. The van der Waals surface area contributed by atoms with E-state index < -0.39 is 36.0 Å². The Bertz CT molecular complexity index is 1700. The van der Waals surface area contributed by atoms with Crippen LogP contribution in [0, 0.1) is 39.9 Å². The van der Waals surface area contributed by atoms with Gasteiger partial charge in [0.2, 0.25) is 17.7 Å². The van der Waals surface area contributed by atoms with Gasteiger partial charge in [-0.15, -0.1) is 0 Å². The summed E-state index contributed by atoms with van der Waals surface area (Å²) < 4.78 is 19.5. The van der Waals surface area contributed by atoms with Gasteiger partial charge in [0.25, 0.3) is 0 Å². The summed E-state index contributed by atoms with van der Waals surface area (Å²) in [7, 11) is 12.4. The first-order valence-corrected chi connectivity index (χ1v) is 26.8. The van der Waals surface area contributed by atoms with E-state index in [1.54, 1.807) is 7.05 Å². The molecular weight excluding hydrogens is 1220 g/mol. The number of esters is 4. The zero-order chi connectivity index (χ0) is 59.8. The van der Waals surface area contributed by atoms with Gasteiger partial charge in [0, 0.05) is 91.6 Å². The van der Waals surface area contributed by atoms with E-state index in [9.17, 15) is 38.4 Å². The molecule has 0 aliphatic heterocycles. The Balaban J connectivity index is 0. The maximum atomic E-state index is 13.3. The molecule has 0 saturated carbocycles. The van der Waals surface area contributed by atoms with Crippen molar-refractivity contribution in [2.24, 2.45) is 0 Å². The first-order valence-electron chi connectivity index (χ1n) is 26.8. The summed E-state index contributed by atoms with van der Waals surface area (Å²) in [4.78, 5) is 151. The predicted octanol–water partition coefficient (Wildman–Crippen LogP) is -2.96. The van der Waals surface area contributed by atoms with Gasteiger partial charge in [0.1, 0.15) is 0 Å². The van der Waals surface area contributed by atoms with Gasteiger partial charge in [0.05, 0.1) is 135 Å². The maximum absolute atomic E-state index is 13.3. The van der Waals surface area contributed by atoms with Crippen LogP contribution in [-0.4, -0.2) is 310 Å². The van der Waals surface area contributed by atoms with E-state index in [1.807, 2.05) is 29.4 Å². The van der Waals surface area contributed by atoms with Crippen LogP contribution in [0.25, 0.3) is 0 Å². The Labute approximate surface area is 510 Å². The second kappa shape index (κ2) is 53.4. The molecule has 30 nitrogen and oxygen atoms in total. The monoisotopic (exact) mass is 1310 g/mol. The van der Waals surface area contributed by atoms with Gasteiger partial charge in [-0.2, -0.15) is 0 Å². The van der Waals surface area contributed by atoms with Crippen LogP contribution in [0.2, 0.25) is 0 Å². The van der Waals surface area contributed by atoms with Crippen LogP contribution < -0.4 is 21.3 Å². The molecule has 0 aromatic carbocycles. The SMILES string of the molecule is CNC(CCCCNC(=O)CN(CCOOC)CCN(CCN(CCOOC)CC(=O)OC)CC(=O)OC)C(=O)NC(CCCCNC(=O)CN(CCOOC)CCN(CCN(CCOOC)CC(=O)OC)CC(=O)OC)C(C)=O.[Gd+3]. The maximum Gasteiger partial charge on any atom is 3.00 e. The number of methoxy groups -OCH3 is 4. The third-order valence-electron chi connectivity index (χ3n) is 12.4. The van der Waals surface area contributed by atoms with Crippen molar-refractivity contribution in [3.63, 3.8) is 0 Å². The molecule has 81 heavy (non-hydrogen) atoms. The zero-order valence-electron chi connectivity index (χ0n) is 49.6. The summed E-state index contributed by atoms with van der Waals surface area (Å²) in [6, 6.07) is -1.31. The molecule has 0 saturated heterocycles. The van der Waals surface area contributed by atoms with Gasteiger partial charge in [-0.1, -0.05) is 0 Å². The second-order valence-corrected chi connectivity index (χ2v) is 18.1. The summed E-state index contributed by atoms with van der Waals surface area (Å²) in [5.74, 6) is -2.75. The van der Waals surface area contributed by atoms with Crippen LogP contribution >= 0.6 is 0 Å². The Morgan fingerprint density at radius 1 is 0.383 bits per heavy atom. The Hall–Kier alpha value is -3.32. The fourth-order valence-electron chi connectivity index (χ4n) is 7.71.